The smallest absolute Gasteiger partial charge is 0.0541 e. The summed E-state index contributed by atoms with van der Waals surface area (Å²) >= 11 is 3.65. The van der Waals surface area contributed by atoms with Crippen molar-refractivity contribution in [2.75, 3.05) is 0 Å². The van der Waals surface area contributed by atoms with Crippen LogP contribution in [0.2, 0.25) is 0 Å². The minimum Gasteiger partial charge on any atom is -0.309 e. The molecular weight excluding hydrogens is 635 g/mol. The zero-order chi connectivity index (χ0) is 32.6. The normalized spacial score (nSPS) is 11.8. The molecule has 10 rings (SSSR count). The molecule has 49 heavy (non-hydrogen) atoms. The zero-order valence-electron chi connectivity index (χ0n) is 26.4. The van der Waals surface area contributed by atoms with Gasteiger partial charge in [-0.2, -0.15) is 0 Å². The van der Waals surface area contributed by atoms with Crippen LogP contribution >= 0.6 is 22.7 Å². The lowest BCUT2D eigenvalue weighted by molar-refractivity contribution is 1.18. The number of hydrogen-bond acceptors (Lipinski definition) is 4. The molecule has 0 amide bonds. The summed E-state index contributed by atoms with van der Waals surface area (Å²) < 4.78 is 7.45. The number of hydrogen-bond donors (Lipinski definition) is 0. The molecule has 0 fully saturated rings. The molecule has 3 nitrogen and oxygen atoms in total. The van der Waals surface area contributed by atoms with E-state index < -0.39 is 0 Å². The highest BCUT2D eigenvalue weighted by molar-refractivity contribution is 7.26. The number of nitrogens with zero attached hydrogens (tertiary/aromatic N) is 3. The molecule has 0 saturated heterocycles. The minimum absolute atomic E-state index is 1.06. The fraction of sp³-hybridized carbons (Fsp3) is 0. The molecule has 0 aliphatic carbocycles. The number of benzene rings is 5. The largest absolute Gasteiger partial charge is 0.309 e. The number of aromatic nitrogens is 3. The van der Waals surface area contributed by atoms with Gasteiger partial charge < -0.3 is 4.57 Å². The van der Waals surface area contributed by atoms with Crippen LogP contribution in [-0.2, 0) is 0 Å². The Morgan fingerprint density at radius 2 is 0.918 bits per heavy atom. The monoisotopic (exact) mass is 661 g/mol. The molecule has 0 spiro atoms. The van der Waals surface area contributed by atoms with Crippen LogP contribution in [0.4, 0.5) is 0 Å². The quantitative estimate of drug-likeness (QED) is 0.184. The van der Waals surface area contributed by atoms with Gasteiger partial charge in [0.15, 0.2) is 0 Å². The molecule has 0 radical (unpaired) electrons. The highest BCUT2D eigenvalue weighted by atomic mass is 32.1. The summed E-state index contributed by atoms with van der Waals surface area (Å²) in [6.45, 7) is 8.13. The van der Waals surface area contributed by atoms with Crippen LogP contribution in [-0.4, -0.2) is 14.5 Å². The van der Waals surface area contributed by atoms with E-state index in [0.717, 1.165) is 27.8 Å². The fourth-order valence-electron chi connectivity index (χ4n) is 7.28. The number of rotatable bonds is 5. The Morgan fingerprint density at radius 3 is 1.41 bits per heavy atom. The molecule has 0 aliphatic heterocycles. The fourth-order valence-corrected chi connectivity index (χ4v) is 9.51. The first-order valence-electron chi connectivity index (χ1n) is 16.2. The summed E-state index contributed by atoms with van der Waals surface area (Å²) in [6, 6.07) is 38.1. The number of fused-ring (bicyclic) bond motifs is 9. The van der Waals surface area contributed by atoms with E-state index in [9.17, 15) is 0 Å². The van der Waals surface area contributed by atoms with Gasteiger partial charge >= 0.3 is 0 Å². The predicted molar refractivity (Wildman–Crippen MR) is 213 cm³/mol. The molecule has 5 heterocycles. The summed E-state index contributed by atoms with van der Waals surface area (Å²) in [5.41, 5.74) is 10.3. The second-order valence-corrected chi connectivity index (χ2v) is 14.6. The van der Waals surface area contributed by atoms with Crippen LogP contribution < -0.4 is 0 Å². The molecule has 5 heteroatoms. The Kier molecular flexibility index (Phi) is 6.22. The Balaban J connectivity index is 1.20. The molecule has 0 saturated carbocycles. The molecule has 5 aromatic carbocycles. The topological polar surface area (TPSA) is 30.7 Å². The molecule has 0 aliphatic rings. The summed E-state index contributed by atoms with van der Waals surface area (Å²) in [7, 11) is 0. The number of thiophene rings is 2. The van der Waals surface area contributed by atoms with Crippen molar-refractivity contribution in [2.45, 2.75) is 0 Å². The summed E-state index contributed by atoms with van der Waals surface area (Å²) in [5.74, 6) is 0. The maximum absolute atomic E-state index is 4.37. The summed E-state index contributed by atoms with van der Waals surface area (Å²) in [6.07, 6.45) is 11.5. The van der Waals surface area contributed by atoms with E-state index in [2.05, 4.69) is 131 Å². The Bertz CT molecular complexity index is 2800. The van der Waals surface area contributed by atoms with Crippen molar-refractivity contribution in [3.63, 3.8) is 0 Å². The van der Waals surface area contributed by atoms with Crippen molar-refractivity contribution in [1.82, 2.24) is 14.5 Å². The van der Waals surface area contributed by atoms with Gasteiger partial charge in [-0.1, -0.05) is 61.7 Å². The molecule has 230 valence electrons. The average Bonchev–Trinajstić information content (AvgIpc) is 3.82. The van der Waals surface area contributed by atoms with Gasteiger partial charge in [0.2, 0.25) is 0 Å². The summed E-state index contributed by atoms with van der Waals surface area (Å²) in [5, 5.41) is 7.37. The SMILES string of the molecule is C=Cc1cc(C=C)cc(-n2c3ccc(-c4ccc5c(c4)sc4ccncc45)cc3c3cc(-c4ccc5c(c4)sc4ccncc45)ccc32)c1. The van der Waals surface area contributed by atoms with Gasteiger partial charge in [0.1, 0.15) is 0 Å². The van der Waals surface area contributed by atoms with Crippen LogP contribution in [0.5, 0.6) is 0 Å². The Hall–Kier alpha value is -5.88. The van der Waals surface area contributed by atoms with Crippen molar-refractivity contribution in [3.8, 4) is 27.9 Å². The lowest BCUT2D eigenvalue weighted by Crippen LogP contribution is -1.95. The van der Waals surface area contributed by atoms with Gasteiger partial charge in [0.05, 0.1) is 11.0 Å². The van der Waals surface area contributed by atoms with E-state index in [-0.39, 0.29) is 0 Å². The molecular formula is C44H27N3S2. The second kappa shape index (κ2) is 10.8. The van der Waals surface area contributed by atoms with Crippen LogP contribution in [0.25, 0.3) is 102 Å². The first kappa shape index (κ1) is 28.2. The van der Waals surface area contributed by atoms with Crippen LogP contribution in [0.1, 0.15) is 11.1 Å². The van der Waals surface area contributed by atoms with E-state index in [0.29, 0.717) is 0 Å². The maximum atomic E-state index is 4.37. The summed E-state index contributed by atoms with van der Waals surface area (Å²) in [4.78, 5) is 8.75. The third kappa shape index (κ3) is 4.40. The Morgan fingerprint density at radius 1 is 0.449 bits per heavy atom. The lowest BCUT2D eigenvalue weighted by atomic mass is 9.99. The standard InChI is InChI=1S/C44H27N3S2/c1-3-26-17-27(4-2)19-32(18-26)47-39-11-7-28(30-5-9-33-37-24-45-15-13-41(37)48-43(33)22-30)20-35(39)36-21-29(8-12-40(36)47)31-6-10-34-38-25-46-16-14-42(38)49-44(34)23-31/h3-25H,1-2H2. The maximum Gasteiger partial charge on any atom is 0.0541 e. The predicted octanol–water partition coefficient (Wildman–Crippen LogP) is 12.9. The van der Waals surface area contributed by atoms with E-state index in [4.69, 9.17) is 0 Å². The average molecular weight is 662 g/mol. The van der Waals surface area contributed by atoms with E-state index in [1.54, 1.807) is 0 Å². The van der Waals surface area contributed by atoms with E-state index in [1.807, 2.05) is 59.6 Å². The van der Waals surface area contributed by atoms with E-state index >= 15 is 0 Å². The molecule has 5 aromatic heterocycles. The van der Waals surface area contributed by atoms with Gasteiger partial charge in [-0.3, -0.25) is 9.97 Å². The minimum atomic E-state index is 1.06. The number of pyridine rings is 2. The molecule has 0 unspecified atom stereocenters. The lowest BCUT2D eigenvalue weighted by Gasteiger charge is -2.11. The molecule has 0 N–H and O–H groups in total. The van der Waals surface area contributed by atoms with E-state index in [1.165, 1.54) is 73.4 Å². The van der Waals surface area contributed by atoms with Crippen LogP contribution in [0.15, 0.2) is 141 Å². The van der Waals surface area contributed by atoms with Gasteiger partial charge in [-0.05, 0) is 100 Å². The van der Waals surface area contributed by atoms with Gasteiger partial charge in [0.25, 0.3) is 0 Å². The van der Waals surface area contributed by atoms with Crippen LogP contribution in [0.3, 0.4) is 0 Å². The van der Waals surface area contributed by atoms with Crippen LogP contribution in [0, 0.1) is 0 Å². The molecule has 10 aromatic rings. The van der Waals surface area contributed by atoms with Gasteiger partial charge in [-0.15, -0.1) is 22.7 Å². The van der Waals surface area contributed by atoms with Gasteiger partial charge in [-0.25, -0.2) is 0 Å². The second-order valence-electron chi connectivity index (χ2n) is 12.4. The van der Waals surface area contributed by atoms with Crippen molar-refractivity contribution in [3.05, 3.63) is 152 Å². The van der Waals surface area contributed by atoms with Crippen molar-refractivity contribution in [2.24, 2.45) is 0 Å². The van der Waals surface area contributed by atoms with Crippen molar-refractivity contribution >= 4 is 97.0 Å². The highest BCUT2D eigenvalue weighted by Gasteiger charge is 2.17. The zero-order valence-corrected chi connectivity index (χ0v) is 28.0. The third-order valence-electron chi connectivity index (χ3n) is 9.67. The molecule has 0 bridgehead atoms. The highest BCUT2D eigenvalue weighted by Crippen LogP contribution is 2.41. The first-order valence-corrected chi connectivity index (χ1v) is 17.8. The molecule has 0 atom stereocenters. The Labute approximate surface area is 290 Å². The first-order chi connectivity index (χ1) is 24.1. The van der Waals surface area contributed by atoms with Gasteiger partial charge in [0, 0.05) is 81.6 Å². The van der Waals surface area contributed by atoms with Crippen molar-refractivity contribution < 1.29 is 0 Å². The third-order valence-corrected chi connectivity index (χ3v) is 11.9. The van der Waals surface area contributed by atoms with Crippen molar-refractivity contribution in [1.29, 1.82) is 0 Å².